The van der Waals surface area contributed by atoms with E-state index in [0.717, 1.165) is 50.2 Å². The van der Waals surface area contributed by atoms with Crippen LogP contribution in [0.4, 0.5) is 13.2 Å². The third-order valence-electron chi connectivity index (χ3n) is 7.60. The van der Waals surface area contributed by atoms with Gasteiger partial charge in [-0.3, -0.25) is 4.79 Å². The van der Waals surface area contributed by atoms with Crippen LogP contribution >= 0.6 is 0 Å². The molecule has 0 aliphatic heterocycles. The van der Waals surface area contributed by atoms with Crippen LogP contribution in [0.1, 0.15) is 63.0 Å². The van der Waals surface area contributed by atoms with Crippen molar-refractivity contribution >= 4 is 16.2 Å². The molecule has 0 spiro atoms. The molecule has 33 heavy (non-hydrogen) atoms. The summed E-state index contributed by atoms with van der Waals surface area (Å²) in [6.45, 7) is 1.50. The van der Waals surface area contributed by atoms with E-state index in [4.69, 9.17) is 8.92 Å². The monoisotopic (exact) mass is 491 g/mol. The van der Waals surface area contributed by atoms with Gasteiger partial charge < -0.3 is 14.0 Å². The van der Waals surface area contributed by atoms with Gasteiger partial charge in [0.05, 0.1) is 6.10 Å². The van der Waals surface area contributed by atoms with Crippen LogP contribution in [0.2, 0.25) is 0 Å². The van der Waals surface area contributed by atoms with Gasteiger partial charge in [0, 0.05) is 6.92 Å². The lowest BCUT2D eigenvalue weighted by Crippen LogP contribution is -2.44. The Kier molecular flexibility index (Phi) is 6.09. The summed E-state index contributed by atoms with van der Waals surface area (Å²) in [5.41, 5.74) is 1.49. The maximum absolute atomic E-state index is 12.9. The second-order valence-corrected chi connectivity index (χ2v) is 10.9. The molecule has 2 fully saturated rings. The van der Waals surface area contributed by atoms with E-state index >= 15 is 0 Å². The number of aliphatic hydroxyl groups excluding tert-OH is 1. The molecule has 1 amide bonds. The fraction of sp³-hybridized carbons (Fsp3) is 0.682. The summed E-state index contributed by atoms with van der Waals surface area (Å²) >= 11 is 0. The van der Waals surface area contributed by atoms with E-state index in [2.05, 4.69) is 6.92 Å². The van der Waals surface area contributed by atoms with Crippen LogP contribution in [-0.4, -0.2) is 38.3 Å². The Morgan fingerprint density at radius 2 is 1.94 bits per heavy atom. The zero-order valence-electron chi connectivity index (χ0n) is 18.4. The number of benzene rings is 1. The Labute approximate surface area is 190 Å². The third kappa shape index (κ3) is 4.80. The van der Waals surface area contributed by atoms with Crippen LogP contribution in [0.5, 0.6) is 11.5 Å². The number of aryl methyl sites for hydroxylation is 1. The normalized spacial score (nSPS) is 31.2. The number of halogens is 3. The smallest absolute Gasteiger partial charge is 0.422 e. The lowest BCUT2D eigenvalue weighted by atomic mass is 9.55. The first-order chi connectivity index (χ1) is 15.3. The summed E-state index contributed by atoms with van der Waals surface area (Å²) in [5.74, 6) is -0.903. The summed E-state index contributed by atoms with van der Waals surface area (Å²) in [7, 11) is -4.57. The molecule has 184 valence electrons. The van der Waals surface area contributed by atoms with Gasteiger partial charge in [-0.15, -0.1) is 0 Å². The highest BCUT2D eigenvalue weighted by Gasteiger charge is 2.54. The minimum Gasteiger partial charge on any atom is -0.480 e. The average molecular weight is 492 g/mol. The molecule has 0 radical (unpaired) electrons. The van der Waals surface area contributed by atoms with Crippen LogP contribution in [0.15, 0.2) is 12.1 Å². The minimum atomic E-state index is -4.63. The van der Waals surface area contributed by atoms with Gasteiger partial charge in [-0.05, 0) is 85.0 Å². The molecule has 0 unspecified atom stereocenters. The van der Waals surface area contributed by atoms with Crippen molar-refractivity contribution in [2.45, 2.75) is 70.6 Å². The van der Waals surface area contributed by atoms with Crippen LogP contribution in [-0.2, 0) is 21.5 Å². The van der Waals surface area contributed by atoms with Gasteiger partial charge in [0.15, 0.2) is 18.1 Å². The number of ether oxygens (including phenoxy) is 1. The second kappa shape index (κ2) is 8.33. The van der Waals surface area contributed by atoms with Crippen molar-refractivity contribution < 1.29 is 40.4 Å². The molecule has 1 aromatic rings. The van der Waals surface area contributed by atoms with Crippen LogP contribution in [0.25, 0.3) is 0 Å². The van der Waals surface area contributed by atoms with E-state index < -0.39 is 29.0 Å². The first-order valence-electron chi connectivity index (χ1n) is 11.1. The van der Waals surface area contributed by atoms with Crippen molar-refractivity contribution in [1.29, 1.82) is 0 Å². The van der Waals surface area contributed by atoms with Gasteiger partial charge in [-0.2, -0.15) is 21.6 Å². The molecule has 4 rings (SSSR count). The molecule has 5 atom stereocenters. The van der Waals surface area contributed by atoms with Crippen LogP contribution in [0.3, 0.4) is 0 Å². The maximum atomic E-state index is 12.9. The lowest BCUT2D eigenvalue weighted by Gasteiger charge is -2.50. The number of hydrogen-bond acceptors (Lipinski definition) is 6. The van der Waals surface area contributed by atoms with Crippen molar-refractivity contribution in [2.24, 2.45) is 17.3 Å². The largest absolute Gasteiger partial charge is 0.480 e. The van der Waals surface area contributed by atoms with Crippen molar-refractivity contribution in [3.05, 3.63) is 23.3 Å². The lowest BCUT2D eigenvalue weighted by molar-refractivity contribution is -0.153. The average Bonchev–Trinajstić information content (AvgIpc) is 2.99. The van der Waals surface area contributed by atoms with E-state index in [1.165, 1.54) is 12.1 Å². The third-order valence-corrected chi connectivity index (χ3v) is 8.54. The first kappa shape index (κ1) is 24.1. The minimum absolute atomic E-state index is 0.0892. The van der Waals surface area contributed by atoms with Gasteiger partial charge in [-0.1, -0.05) is 6.92 Å². The Morgan fingerprint density at radius 1 is 1.21 bits per heavy atom. The van der Waals surface area contributed by atoms with E-state index in [1.54, 1.807) is 4.72 Å². The molecular formula is C22H28F3NO6S. The summed E-state index contributed by atoms with van der Waals surface area (Å²) in [4.78, 5) is 11.2. The van der Waals surface area contributed by atoms with Crippen molar-refractivity contribution in [2.75, 3.05) is 6.61 Å². The predicted octanol–water partition coefficient (Wildman–Crippen LogP) is 3.60. The topological polar surface area (TPSA) is 102 Å². The van der Waals surface area contributed by atoms with Gasteiger partial charge in [0.25, 0.3) is 0 Å². The zero-order valence-corrected chi connectivity index (χ0v) is 19.3. The molecule has 0 bridgehead atoms. The van der Waals surface area contributed by atoms with Gasteiger partial charge in [0.2, 0.25) is 5.91 Å². The fourth-order valence-electron chi connectivity index (χ4n) is 6.20. The Bertz CT molecular complexity index is 1040. The van der Waals surface area contributed by atoms with Crippen LogP contribution < -0.4 is 13.6 Å². The molecular weight excluding hydrogens is 463 g/mol. The molecule has 0 heterocycles. The highest BCUT2D eigenvalue weighted by atomic mass is 32.2. The predicted molar refractivity (Wildman–Crippen MR) is 112 cm³/mol. The molecule has 0 aromatic heterocycles. The number of alkyl halides is 3. The molecule has 11 heteroatoms. The summed E-state index contributed by atoms with van der Waals surface area (Å²) in [6.07, 6.45) is -0.255. The zero-order chi connectivity index (χ0) is 24.2. The number of nitrogens with one attached hydrogen (secondary N) is 1. The number of amides is 1. The molecule has 2 N–H and O–H groups in total. The fourth-order valence-corrected chi connectivity index (χ4v) is 6.96. The SMILES string of the molecule is CC(=O)NS(=O)(=O)Oc1cc2c(cc1OCC(F)(F)F)[C@H]1CC[C@]3(C)[C@@H](O)CC[C@H]3[C@@H]1CC2. The van der Waals surface area contributed by atoms with Crippen molar-refractivity contribution in [3.63, 3.8) is 0 Å². The van der Waals surface area contributed by atoms with Crippen molar-refractivity contribution in [3.8, 4) is 11.5 Å². The molecule has 7 nitrogen and oxygen atoms in total. The molecule has 0 saturated heterocycles. The Hall–Kier alpha value is -2.01. The highest BCUT2D eigenvalue weighted by Crippen LogP contribution is 2.61. The number of rotatable bonds is 5. The van der Waals surface area contributed by atoms with Crippen LogP contribution in [0, 0.1) is 17.3 Å². The van der Waals surface area contributed by atoms with E-state index in [1.807, 2.05) is 0 Å². The number of carbonyl (C=O) groups is 1. The van der Waals surface area contributed by atoms with E-state index in [-0.39, 0.29) is 28.9 Å². The second-order valence-electron chi connectivity index (χ2n) is 9.65. The Balaban J connectivity index is 1.69. The summed E-state index contributed by atoms with van der Waals surface area (Å²) in [5, 5.41) is 10.5. The Morgan fingerprint density at radius 3 is 2.61 bits per heavy atom. The highest BCUT2D eigenvalue weighted by molar-refractivity contribution is 7.85. The maximum Gasteiger partial charge on any atom is 0.422 e. The summed E-state index contributed by atoms with van der Waals surface area (Å²) < 4.78 is 74.3. The molecule has 2 saturated carbocycles. The standard InChI is InChI=1S/C22H28F3NO6S/c1-12(27)26-33(29,30)32-19-9-13-3-4-15-14(7-8-21(2)17(15)5-6-20(21)28)16(13)10-18(19)31-11-22(23,24)25/h9-10,14-15,17,20,28H,3-8,11H2,1-2H3,(H,26,27)/t14-,15+,17-,20-,21-/m0/s1. The van der Waals surface area contributed by atoms with E-state index in [9.17, 15) is 31.5 Å². The van der Waals surface area contributed by atoms with Gasteiger partial charge in [-0.25, -0.2) is 4.72 Å². The number of hydrogen-bond donors (Lipinski definition) is 2. The number of aliphatic hydroxyl groups is 1. The molecule has 1 aromatic carbocycles. The van der Waals surface area contributed by atoms with Gasteiger partial charge in [0.1, 0.15) is 0 Å². The van der Waals surface area contributed by atoms with Crippen molar-refractivity contribution in [1.82, 2.24) is 4.72 Å². The molecule has 3 aliphatic rings. The quantitative estimate of drug-likeness (QED) is 0.653. The summed E-state index contributed by atoms with van der Waals surface area (Å²) in [6, 6.07) is 2.87. The first-order valence-corrected chi connectivity index (χ1v) is 12.5. The number of carbonyl (C=O) groups excluding carboxylic acids is 1. The number of fused-ring (bicyclic) bond motifs is 5. The molecule has 3 aliphatic carbocycles. The van der Waals surface area contributed by atoms with E-state index in [0.29, 0.717) is 18.3 Å². The van der Waals surface area contributed by atoms with Gasteiger partial charge >= 0.3 is 16.5 Å².